The Labute approximate surface area is 143 Å². The summed E-state index contributed by atoms with van der Waals surface area (Å²) in [7, 11) is 0. The molecule has 0 bridgehead atoms. The molecule has 25 heavy (non-hydrogen) atoms. The monoisotopic (exact) mass is 350 g/mol. The van der Waals surface area contributed by atoms with Gasteiger partial charge in [0.15, 0.2) is 11.6 Å². The number of nitrogens with zero attached hydrogens (tertiary/aromatic N) is 1. The minimum Gasteiger partial charge on any atom is -0.371 e. The minimum absolute atomic E-state index is 0.0973. The topological polar surface area (TPSA) is 41.6 Å². The highest BCUT2D eigenvalue weighted by molar-refractivity contribution is 5.92. The summed E-state index contributed by atoms with van der Waals surface area (Å²) in [6.45, 7) is 1.60. The maximum atomic E-state index is 13.2. The molecule has 0 spiro atoms. The molecule has 0 aromatic heterocycles. The second-order valence-corrected chi connectivity index (χ2v) is 5.82. The molecule has 1 atom stereocenters. The molecule has 3 rings (SSSR count). The number of benzene rings is 2. The lowest BCUT2D eigenvalue weighted by Crippen LogP contribution is -2.42. The number of rotatable bonds is 4. The molecule has 7 heteroatoms. The fraction of sp³-hybridized carbons (Fsp3) is 0.278. The van der Waals surface area contributed by atoms with Crippen molar-refractivity contribution in [2.75, 3.05) is 31.6 Å². The van der Waals surface area contributed by atoms with Gasteiger partial charge < -0.3 is 10.1 Å². The molecule has 2 aromatic rings. The van der Waals surface area contributed by atoms with Gasteiger partial charge in [-0.25, -0.2) is 13.2 Å². The Bertz CT molecular complexity index is 752. The van der Waals surface area contributed by atoms with Crippen molar-refractivity contribution >= 4 is 11.6 Å². The summed E-state index contributed by atoms with van der Waals surface area (Å²) in [5, 5.41) is 2.54. The lowest BCUT2D eigenvalue weighted by atomic mass is 10.1. The number of amides is 1. The van der Waals surface area contributed by atoms with E-state index in [-0.39, 0.29) is 30.1 Å². The van der Waals surface area contributed by atoms with Crippen molar-refractivity contribution in [3.8, 4) is 0 Å². The molecule has 1 aliphatic heterocycles. The van der Waals surface area contributed by atoms with Crippen molar-refractivity contribution in [1.82, 2.24) is 4.90 Å². The normalized spacial score (nSPS) is 18.1. The zero-order chi connectivity index (χ0) is 17.8. The van der Waals surface area contributed by atoms with Crippen LogP contribution in [-0.4, -0.2) is 37.0 Å². The number of carbonyl (C=O) groups excluding carboxylic acids is 1. The van der Waals surface area contributed by atoms with Gasteiger partial charge in [-0.1, -0.05) is 12.1 Å². The van der Waals surface area contributed by atoms with Crippen LogP contribution in [0.25, 0.3) is 0 Å². The summed E-state index contributed by atoms with van der Waals surface area (Å²) in [6, 6.07) is 9.26. The van der Waals surface area contributed by atoms with E-state index in [4.69, 9.17) is 4.74 Å². The highest BCUT2D eigenvalue weighted by Gasteiger charge is 2.23. The lowest BCUT2D eigenvalue weighted by Gasteiger charge is -2.32. The summed E-state index contributed by atoms with van der Waals surface area (Å²) >= 11 is 0. The highest BCUT2D eigenvalue weighted by Crippen LogP contribution is 2.22. The van der Waals surface area contributed by atoms with Gasteiger partial charge in [0.1, 0.15) is 5.82 Å². The van der Waals surface area contributed by atoms with Crippen LogP contribution in [-0.2, 0) is 9.53 Å². The third kappa shape index (κ3) is 4.58. The van der Waals surface area contributed by atoms with Gasteiger partial charge in [-0.2, -0.15) is 0 Å². The van der Waals surface area contributed by atoms with Crippen LogP contribution < -0.4 is 5.32 Å². The minimum atomic E-state index is -1.01. The number of hydrogen-bond donors (Lipinski definition) is 1. The van der Waals surface area contributed by atoms with Crippen molar-refractivity contribution in [2.45, 2.75) is 6.10 Å². The van der Waals surface area contributed by atoms with E-state index in [9.17, 15) is 18.0 Å². The number of carbonyl (C=O) groups is 1. The van der Waals surface area contributed by atoms with Gasteiger partial charge >= 0.3 is 0 Å². The van der Waals surface area contributed by atoms with E-state index in [1.165, 1.54) is 18.2 Å². The third-order valence-electron chi connectivity index (χ3n) is 3.96. The van der Waals surface area contributed by atoms with E-state index in [0.29, 0.717) is 19.7 Å². The van der Waals surface area contributed by atoms with E-state index in [0.717, 1.165) is 17.7 Å². The molecule has 1 heterocycles. The molecule has 1 saturated heterocycles. The molecule has 1 aliphatic rings. The smallest absolute Gasteiger partial charge is 0.238 e. The Morgan fingerprint density at radius 2 is 1.88 bits per heavy atom. The predicted molar refractivity (Wildman–Crippen MR) is 86.5 cm³/mol. The maximum absolute atomic E-state index is 13.2. The highest BCUT2D eigenvalue weighted by atomic mass is 19.2. The van der Waals surface area contributed by atoms with Gasteiger partial charge in [0.25, 0.3) is 0 Å². The van der Waals surface area contributed by atoms with Crippen LogP contribution >= 0.6 is 0 Å². The summed E-state index contributed by atoms with van der Waals surface area (Å²) in [5.41, 5.74) is 1.04. The first kappa shape index (κ1) is 17.4. The first-order valence-corrected chi connectivity index (χ1v) is 7.85. The van der Waals surface area contributed by atoms with Crippen LogP contribution in [0.15, 0.2) is 42.5 Å². The maximum Gasteiger partial charge on any atom is 0.238 e. The number of ether oxygens (including phenoxy) is 1. The Kier molecular flexibility index (Phi) is 5.35. The molecule has 1 unspecified atom stereocenters. The summed E-state index contributed by atoms with van der Waals surface area (Å²) in [5.74, 6) is -2.62. The summed E-state index contributed by atoms with van der Waals surface area (Å²) in [4.78, 5) is 14.0. The number of nitrogens with one attached hydrogen (secondary N) is 1. The molecule has 2 aromatic carbocycles. The van der Waals surface area contributed by atoms with E-state index in [2.05, 4.69) is 5.32 Å². The first-order valence-electron chi connectivity index (χ1n) is 7.85. The Morgan fingerprint density at radius 1 is 1.12 bits per heavy atom. The third-order valence-corrected chi connectivity index (χ3v) is 3.96. The molecule has 1 fully saturated rings. The number of anilines is 1. The van der Waals surface area contributed by atoms with E-state index in [1.54, 1.807) is 12.1 Å². The number of morpholine rings is 1. The fourth-order valence-electron chi connectivity index (χ4n) is 2.70. The van der Waals surface area contributed by atoms with Gasteiger partial charge in [-0.15, -0.1) is 0 Å². The van der Waals surface area contributed by atoms with E-state index in [1.807, 2.05) is 4.90 Å². The summed E-state index contributed by atoms with van der Waals surface area (Å²) in [6.07, 6.45) is -0.245. The van der Waals surface area contributed by atoms with Crippen molar-refractivity contribution in [1.29, 1.82) is 0 Å². The van der Waals surface area contributed by atoms with E-state index >= 15 is 0 Å². The second-order valence-electron chi connectivity index (χ2n) is 5.82. The van der Waals surface area contributed by atoms with Crippen molar-refractivity contribution < 1.29 is 22.7 Å². The van der Waals surface area contributed by atoms with Crippen LogP contribution in [0.2, 0.25) is 0 Å². The second kappa shape index (κ2) is 7.67. The van der Waals surface area contributed by atoms with Gasteiger partial charge in [-0.3, -0.25) is 9.69 Å². The molecule has 0 aliphatic carbocycles. The molecule has 1 amide bonds. The van der Waals surface area contributed by atoms with Crippen LogP contribution in [0.4, 0.5) is 18.9 Å². The van der Waals surface area contributed by atoms with Gasteiger partial charge in [0.05, 0.1) is 19.3 Å². The van der Waals surface area contributed by atoms with Crippen molar-refractivity contribution in [3.63, 3.8) is 0 Å². The van der Waals surface area contributed by atoms with Crippen LogP contribution in [0.1, 0.15) is 11.7 Å². The molecule has 1 N–H and O–H groups in total. The average molecular weight is 350 g/mol. The zero-order valence-corrected chi connectivity index (χ0v) is 13.3. The van der Waals surface area contributed by atoms with Crippen molar-refractivity contribution in [3.05, 3.63) is 65.5 Å². The van der Waals surface area contributed by atoms with Crippen LogP contribution in [0, 0.1) is 17.5 Å². The standard InChI is InChI=1S/C18H17F3N2O2/c19-13-3-1-12(2-4-13)17-10-23(7-8-25-17)11-18(24)22-14-5-6-15(20)16(21)9-14/h1-6,9,17H,7-8,10-11H2,(H,22,24). The van der Waals surface area contributed by atoms with E-state index < -0.39 is 11.6 Å². The molecule has 132 valence electrons. The van der Waals surface area contributed by atoms with Crippen LogP contribution in [0.3, 0.4) is 0 Å². The fourth-order valence-corrected chi connectivity index (χ4v) is 2.70. The van der Waals surface area contributed by atoms with Gasteiger partial charge in [0.2, 0.25) is 5.91 Å². The number of halogens is 3. The molecule has 0 saturated carbocycles. The Morgan fingerprint density at radius 3 is 2.60 bits per heavy atom. The van der Waals surface area contributed by atoms with Gasteiger partial charge in [0, 0.05) is 24.8 Å². The molecular weight excluding hydrogens is 333 g/mol. The largest absolute Gasteiger partial charge is 0.371 e. The quantitative estimate of drug-likeness (QED) is 0.921. The summed E-state index contributed by atoms with van der Waals surface area (Å²) < 4.78 is 44.8. The number of hydrogen-bond acceptors (Lipinski definition) is 3. The molecular formula is C18H17F3N2O2. The lowest BCUT2D eigenvalue weighted by molar-refractivity contribution is -0.119. The van der Waals surface area contributed by atoms with Crippen molar-refractivity contribution in [2.24, 2.45) is 0 Å². The Hall–Kier alpha value is -2.38. The first-order chi connectivity index (χ1) is 12.0. The SMILES string of the molecule is O=C(CN1CCOC(c2ccc(F)cc2)C1)Nc1ccc(F)c(F)c1. The molecule has 4 nitrogen and oxygen atoms in total. The average Bonchev–Trinajstić information content (AvgIpc) is 2.59. The van der Waals surface area contributed by atoms with Gasteiger partial charge in [-0.05, 0) is 29.8 Å². The molecule has 0 radical (unpaired) electrons. The zero-order valence-electron chi connectivity index (χ0n) is 13.3. The Balaban J connectivity index is 1.57. The van der Waals surface area contributed by atoms with Crippen LogP contribution in [0.5, 0.6) is 0 Å². The predicted octanol–water partition coefficient (Wildman–Crippen LogP) is 3.12.